The summed E-state index contributed by atoms with van der Waals surface area (Å²) in [6, 6.07) is 15.3. The van der Waals surface area contributed by atoms with Crippen LogP contribution in [0.1, 0.15) is 17.7 Å². The van der Waals surface area contributed by atoms with Gasteiger partial charge >= 0.3 is 5.97 Å². The topological polar surface area (TPSA) is 98.7 Å². The predicted octanol–water partition coefficient (Wildman–Crippen LogP) is 4.13. The first kappa shape index (κ1) is 24.2. The molecule has 3 aliphatic heterocycles. The summed E-state index contributed by atoms with van der Waals surface area (Å²) in [6.45, 7) is 3.76. The lowest BCUT2D eigenvalue weighted by Gasteiger charge is -2.25. The van der Waals surface area contributed by atoms with E-state index in [4.69, 9.17) is 26.7 Å². The number of fused-ring (bicyclic) bond motifs is 2. The fourth-order valence-corrected chi connectivity index (χ4v) is 7.09. The maximum atomic E-state index is 13.0. The lowest BCUT2D eigenvalue weighted by Crippen LogP contribution is -2.30. The molecule has 0 unspecified atom stereocenters. The quantitative estimate of drug-likeness (QED) is 0.484. The van der Waals surface area contributed by atoms with Crippen molar-refractivity contribution < 1.29 is 14.1 Å². The van der Waals surface area contributed by atoms with E-state index in [0.717, 1.165) is 61.0 Å². The molecule has 10 heteroatoms. The fraction of sp³-hybridized carbons (Fsp3) is 0.370. The van der Waals surface area contributed by atoms with Gasteiger partial charge in [0.15, 0.2) is 5.82 Å². The van der Waals surface area contributed by atoms with Crippen molar-refractivity contribution in [3.63, 3.8) is 0 Å². The van der Waals surface area contributed by atoms with E-state index in [1.54, 1.807) is 12.1 Å². The number of hydrogen-bond donors (Lipinski definition) is 2. The number of benzene rings is 2. The Morgan fingerprint density at radius 2 is 1.68 bits per heavy atom. The number of rotatable bonds is 6. The Kier molecular flexibility index (Phi) is 6.50. The molecule has 0 amide bonds. The highest BCUT2D eigenvalue weighted by atomic mass is 35.5. The normalized spacial score (nSPS) is 22.6. The molecule has 6 rings (SSSR count). The Morgan fingerprint density at radius 1 is 1.00 bits per heavy atom. The molecule has 0 bridgehead atoms. The van der Waals surface area contributed by atoms with Crippen molar-refractivity contribution in [2.24, 2.45) is 11.8 Å². The molecule has 3 aliphatic rings. The minimum Gasteiger partial charge on any atom is -0.481 e. The molecule has 0 radical (unpaired) electrons. The first-order valence-electron chi connectivity index (χ1n) is 12.6. The van der Waals surface area contributed by atoms with Crippen LogP contribution >= 0.6 is 11.6 Å². The summed E-state index contributed by atoms with van der Waals surface area (Å²) < 4.78 is 13.0. The van der Waals surface area contributed by atoms with Crippen LogP contribution in [-0.4, -0.2) is 57.2 Å². The summed E-state index contributed by atoms with van der Waals surface area (Å²) >= 11 is 6.06. The summed E-state index contributed by atoms with van der Waals surface area (Å²) in [6.07, 6.45) is 1.61. The van der Waals surface area contributed by atoms with E-state index in [0.29, 0.717) is 34.3 Å². The van der Waals surface area contributed by atoms with Crippen LogP contribution in [0.5, 0.6) is 0 Å². The van der Waals surface area contributed by atoms with Gasteiger partial charge in [-0.25, -0.2) is 4.98 Å². The van der Waals surface area contributed by atoms with E-state index in [-0.39, 0.29) is 6.42 Å². The van der Waals surface area contributed by atoms with Crippen LogP contribution in [0, 0.1) is 11.8 Å². The Morgan fingerprint density at radius 3 is 2.35 bits per heavy atom. The molecule has 2 aromatic carbocycles. The third-order valence-electron chi connectivity index (χ3n) is 7.43. The van der Waals surface area contributed by atoms with Crippen LogP contribution in [0.2, 0.25) is 5.02 Å². The van der Waals surface area contributed by atoms with Gasteiger partial charge in [-0.3, -0.25) is 9.00 Å². The lowest BCUT2D eigenvalue weighted by atomic mass is 10.0. The predicted molar refractivity (Wildman–Crippen MR) is 146 cm³/mol. The number of aromatic nitrogens is 2. The summed E-state index contributed by atoms with van der Waals surface area (Å²) in [7, 11) is -1.15. The van der Waals surface area contributed by atoms with Gasteiger partial charge in [-0.1, -0.05) is 23.7 Å². The molecule has 0 saturated carbocycles. The van der Waals surface area contributed by atoms with Crippen molar-refractivity contribution in [3.8, 4) is 0 Å². The van der Waals surface area contributed by atoms with Gasteiger partial charge in [-0.05, 0) is 54.8 Å². The molecule has 3 aromatic rings. The Hall–Kier alpha value is -3.17. The second-order valence-electron chi connectivity index (χ2n) is 10.0. The van der Waals surface area contributed by atoms with Crippen LogP contribution in [0.25, 0.3) is 0 Å². The number of anilines is 4. The first-order chi connectivity index (χ1) is 17.9. The average Bonchev–Trinajstić information content (AvgIpc) is 3.45. The number of nitrogens with zero attached hydrogens (tertiary/aromatic N) is 4. The van der Waals surface area contributed by atoms with Gasteiger partial charge in [-0.2, -0.15) is 4.98 Å². The zero-order valence-corrected chi connectivity index (χ0v) is 21.8. The minimum atomic E-state index is -1.15. The van der Waals surface area contributed by atoms with Gasteiger partial charge < -0.3 is 20.2 Å². The molecular formula is C27H28ClN5O3S. The van der Waals surface area contributed by atoms with Gasteiger partial charge in [0.05, 0.1) is 22.9 Å². The van der Waals surface area contributed by atoms with E-state index < -0.39 is 16.8 Å². The number of hydrogen-bond acceptors (Lipinski definition) is 7. The SMILES string of the molecule is O=C(O)Cc1ccc(Nc2nc(N3C[C@H]4CN(c5ccc(Cl)cc5)C[C@H]4C3)nc3c2[S@](=O)CCC3)cc1. The molecule has 0 spiro atoms. The van der Waals surface area contributed by atoms with Crippen LogP contribution in [0.4, 0.5) is 23.1 Å². The summed E-state index contributed by atoms with van der Waals surface area (Å²) in [4.78, 5) is 26.2. The average molecular weight is 538 g/mol. The molecule has 2 fully saturated rings. The molecule has 2 saturated heterocycles. The van der Waals surface area contributed by atoms with E-state index in [9.17, 15) is 9.00 Å². The van der Waals surface area contributed by atoms with Gasteiger partial charge in [0.1, 0.15) is 4.90 Å². The smallest absolute Gasteiger partial charge is 0.307 e. The third kappa shape index (κ3) is 5.02. The maximum Gasteiger partial charge on any atom is 0.307 e. The molecule has 2 N–H and O–H groups in total. The lowest BCUT2D eigenvalue weighted by molar-refractivity contribution is -0.136. The van der Waals surface area contributed by atoms with E-state index in [1.165, 1.54) is 5.69 Å². The van der Waals surface area contributed by atoms with Crippen LogP contribution < -0.4 is 15.1 Å². The molecule has 3 atom stereocenters. The summed E-state index contributed by atoms with van der Waals surface area (Å²) in [5.74, 6) is 2.08. The monoisotopic (exact) mass is 537 g/mol. The Labute approximate surface area is 223 Å². The van der Waals surface area contributed by atoms with Crippen LogP contribution in [0.3, 0.4) is 0 Å². The highest BCUT2D eigenvalue weighted by Crippen LogP contribution is 2.37. The number of nitrogens with one attached hydrogen (secondary N) is 1. The maximum absolute atomic E-state index is 13.0. The summed E-state index contributed by atoms with van der Waals surface area (Å²) in [5.41, 5.74) is 3.57. The zero-order valence-electron chi connectivity index (χ0n) is 20.3. The number of aryl methyl sites for hydroxylation is 1. The van der Waals surface area contributed by atoms with Crippen molar-refractivity contribution in [2.75, 3.05) is 47.0 Å². The minimum absolute atomic E-state index is 0.0237. The number of carboxylic acid groups (broad SMARTS) is 1. The molecule has 8 nitrogen and oxygen atoms in total. The number of halogens is 1. The molecular weight excluding hydrogens is 510 g/mol. The fourth-order valence-electron chi connectivity index (χ4n) is 5.63. The van der Waals surface area contributed by atoms with Crippen molar-refractivity contribution in [2.45, 2.75) is 24.2 Å². The molecule has 37 heavy (non-hydrogen) atoms. The van der Waals surface area contributed by atoms with Gasteiger partial charge in [0.25, 0.3) is 0 Å². The van der Waals surface area contributed by atoms with Crippen molar-refractivity contribution in [3.05, 3.63) is 64.8 Å². The molecule has 192 valence electrons. The van der Waals surface area contributed by atoms with Gasteiger partial charge in [0, 0.05) is 60.2 Å². The first-order valence-corrected chi connectivity index (χ1v) is 14.2. The van der Waals surface area contributed by atoms with E-state index in [1.807, 2.05) is 24.3 Å². The number of carboxylic acids is 1. The second-order valence-corrected chi connectivity index (χ2v) is 11.9. The van der Waals surface area contributed by atoms with Crippen LogP contribution in [0.15, 0.2) is 53.4 Å². The van der Waals surface area contributed by atoms with Crippen molar-refractivity contribution in [1.29, 1.82) is 0 Å². The third-order valence-corrected chi connectivity index (χ3v) is 9.22. The largest absolute Gasteiger partial charge is 0.481 e. The number of carbonyl (C=O) groups is 1. The molecule has 1 aromatic heterocycles. The molecule has 0 aliphatic carbocycles. The molecule has 4 heterocycles. The van der Waals surface area contributed by atoms with Gasteiger partial charge in [0.2, 0.25) is 5.95 Å². The van der Waals surface area contributed by atoms with E-state index >= 15 is 0 Å². The zero-order chi connectivity index (χ0) is 25.5. The van der Waals surface area contributed by atoms with Crippen molar-refractivity contribution >= 4 is 51.5 Å². The number of aliphatic carboxylic acids is 1. The Bertz CT molecular complexity index is 1340. The highest BCUT2D eigenvalue weighted by molar-refractivity contribution is 7.85. The van der Waals surface area contributed by atoms with Crippen LogP contribution in [-0.2, 0) is 28.4 Å². The summed E-state index contributed by atoms with van der Waals surface area (Å²) in [5, 5.41) is 13.1. The van der Waals surface area contributed by atoms with Crippen molar-refractivity contribution in [1.82, 2.24) is 9.97 Å². The van der Waals surface area contributed by atoms with E-state index in [2.05, 4.69) is 27.2 Å². The Balaban J connectivity index is 1.22. The van der Waals surface area contributed by atoms with Gasteiger partial charge in [-0.15, -0.1) is 0 Å². The standard InChI is InChI=1S/C27H28ClN5O3S/c28-20-5-9-22(10-6-20)32-13-18-15-33(16-19(18)14-32)27-30-23-2-1-11-37(36)25(23)26(31-27)29-21-7-3-17(4-8-21)12-24(34)35/h3-10,18-19H,1-2,11-16H2,(H,34,35)(H,29,30,31)/t18-,19+,37-/m1/s1. The highest BCUT2D eigenvalue weighted by Gasteiger charge is 2.41. The second kappa shape index (κ2) is 9.95.